The van der Waals surface area contributed by atoms with Crippen molar-refractivity contribution in [1.29, 1.82) is 0 Å². The van der Waals surface area contributed by atoms with Crippen molar-refractivity contribution < 1.29 is 0 Å². The van der Waals surface area contributed by atoms with Gasteiger partial charge in [-0.05, 0) is 19.9 Å². The number of hydrogen-bond donors (Lipinski definition) is 0. The van der Waals surface area contributed by atoms with E-state index >= 15 is 0 Å². The topological polar surface area (TPSA) is 63.0 Å². The van der Waals surface area contributed by atoms with Crippen LogP contribution < -0.4 is 4.90 Å². The zero-order valence-electron chi connectivity index (χ0n) is 14.6. The van der Waals surface area contributed by atoms with Crippen LogP contribution in [0.2, 0.25) is 0 Å². The fraction of sp³-hybridized carbons (Fsp3) is 0.647. The predicted molar refractivity (Wildman–Crippen MR) is 91.8 cm³/mol. The van der Waals surface area contributed by atoms with E-state index in [1.165, 1.54) is 30.5 Å². The molecule has 0 saturated carbocycles. The van der Waals surface area contributed by atoms with Gasteiger partial charge in [-0.1, -0.05) is 6.42 Å². The molecule has 24 heavy (non-hydrogen) atoms. The van der Waals surface area contributed by atoms with Gasteiger partial charge >= 0.3 is 0 Å². The summed E-state index contributed by atoms with van der Waals surface area (Å²) in [6, 6.07) is 0. The first-order chi connectivity index (χ1) is 11.7. The Hall–Kier alpha value is -2.02. The highest BCUT2D eigenvalue weighted by Crippen LogP contribution is 2.25. The third-order valence-corrected chi connectivity index (χ3v) is 5.10. The van der Waals surface area contributed by atoms with Gasteiger partial charge in [-0.15, -0.1) is 10.2 Å². The van der Waals surface area contributed by atoms with Gasteiger partial charge in [-0.25, -0.2) is 9.97 Å². The summed E-state index contributed by atoms with van der Waals surface area (Å²) in [5, 5.41) is 8.86. The van der Waals surface area contributed by atoms with E-state index in [0.717, 1.165) is 56.5 Å². The monoisotopic (exact) mass is 327 g/mol. The molecule has 7 heteroatoms. The van der Waals surface area contributed by atoms with Gasteiger partial charge < -0.3 is 14.4 Å². The van der Waals surface area contributed by atoms with Crippen molar-refractivity contribution in [3.63, 3.8) is 0 Å². The smallest absolute Gasteiger partial charge is 0.152 e. The van der Waals surface area contributed by atoms with Gasteiger partial charge in [0.2, 0.25) is 0 Å². The zero-order chi connectivity index (χ0) is 16.5. The quantitative estimate of drug-likeness (QED) is 0.849. The molecule has 0 amide bonds. The summed E-state index contributed by atoms with van der Waals surface area (Å²) in [5.74, 6) is 3.21. The van der Waals surface area contributed by atoms with Crippen molar-refractivity contribution in [2.45, 2.75) is 51.7 Å². The Morgan fingerprint density at radius 3 is 2.92 bits per heavy atom. The van der Waals surface area contributed by atoms with Crippen LogP contribution in [0.5, 0.6) is 0 Å². The Morgan fingerprint density at radius 1 is 1.08 bits per heavy atom. The van der Waals surface area contributed by atoms with Crippen LogP contribution in [-0.2, 0) is 32.5 Å². The molecule has 0 fully saturated rings. The number of aromatic nitrogens is 5. The second-order valence-electron chi connectivity index (χ2n) is 6.96. The average Bonchev–Trinajstić information content (AvgIpc) is 2.81. The summed E-state index contributed by atoms with van der Waals surface area (Å²) >= 11 is 0. The molecule has 0 radical (unpaired) electrons. The SMILES string of the molecule is CN1CCc2ncnc(N(C)Cc3nnc4n3CCCCC4)c2C1. The molecule has 0 bridgehead atoms. The van der Waals surface area contributed by atoms with Gasteiger partial charge in [-0.2, -0.15) is 0 Å². The molecule has 0 spiro atoms. The molecular formula is C17H25N7. The first-order valence-corrected chi connectivity index (χ1v) is 8.86. The number of anilines is 1. The third kappa shape index (κ3) is 2.88. The van der Waals surface area contributed by atoms with Crippen molar-refractivity contribution in [1.82, 2.24) is 29.6 Å². The Bertz CT molecular complexity index is 724. The van der Waals surface area contributed by atoms with Gasteiger partial charge in [0.15, 0.2) is 5.82 Å². The fourth-order valence-corrected chi connectivity index (χ4v) is 3.74. The van der Waals surface area contributed by atoms with Gasteiger partial charge in [0.25, 0.3) is 0 Å². The highest BCUT2D eigenvalue weighted by atomic mass is 15.3. The Kier molecular flexibility index (Phi) is 4.18. The number of hydrogen-bond acceptors (Lipinski definition) is 6. The van der Waals surface area contributed by atoms with Crippen molar-refractivity contribution >= 4 is 5.82 Å². The van der Waals surface area contributed by atoms with Crippen LogP contribution in [0.3, 0.4) is 0 Å². The first-order valence-electron chi connectivity index (χ1n) is 8.86. The Balaban J connectivity index is 1.59. The molecule has 7 nitrogen and oxygen atoms in total. The van der Waals surface area contributed by atoms with Crippen molar-refractivity contribution in [2.75, 3.05) is 25.5 Å². The number of nitrogens with zero attached hydrogens (tertiary/aromatic N) is 7. The van der Waals surface area contributed by atoms with E-state index in [9.17, 15) is 0 Å². The molecule has 0 unspecified atom stereocenters. The molecule has 0 saturated heterocycles. The van der Waals surface area contributed by atoms with E-state index in [0.29, 0.717) is 0 Å². The van der Waals surface area contributed by atoms with E-state index in [4.69, 9.17) is 0 Å². The molecule has 0 aromatic carbocycles. The predicted octanol–water partition coefficient (Wildman–Crippen LogP) is 1.42. The molecule has 2 aliphatic heterocycles. The highest BCUT2D eigenvalue weighted by molar-refractivity contribution is 5.48. The van der Waals surface area contributed by atoms with Crippen LogP contribution in [0.25, 0.3) is 0 Å². The summed E-state index contributed by atoms with van der Waals surface area (Å²) < 4.78 is 2.31. The minimum absolute atomic E-state index is 0.736. The molecule has 4 heterocycles. The van der Waals surface area contributed by atoms with Gasteiger partial charge in [0.1, 0.15) is 18.0 Å². The summed E-state index contributed by atoms with van der Waals surface area (Å²) in [6.45, 7) is 3.74. The lowest BCUT2D eigenvalue weighted by Gasteiger charge is -2.28. The van der Waals surface area contributed by atoms with Crippen LogP contribution in [0.4, 0.5) is 5.82 Å². The summed E-state index contributed by atoms with van der Waals surface area (Å²) in [7, 11) is 4.24. The molecule has 0 N–H and O–H groups in total. The molecule has 0 aliphatic carbocycles. The maximum Gasteiger partial charge on any atom is 0.152 e. The van der Waals surface area contributed by atoms with Crippen LogP contribution in [0.15, 0.2) is 6.33 Å². The van der Waals surface area contributed by atoms with Crippen LogP contribution >= 0.6 is 0 Å². The standard InChI is InChI=1S/C17H25N7/c1-22-9-7-14-13(10-22)17(19-12-18-14)23(2)11-16-21-20-15-6-4-3-5-8-24(15)16/h12H,3-11H2,1-2H3. The van der Waals surface area contributed by atoms with Crippen LogP contribution in [0.1, 0.15) is 42.2 Å². The summed E-state index contributed by atoms with van der Waals surface area (Å²) in [5.41, 5.74) is 2.44. The molecule has 2 aromatic rings. The number of rotatable bonds is 3. The Labute approximate surface area is 142 Å². The van der Waals surface area contributed by atoms with Crippen LogP contribution in [-0.4, -0.2) is 50.3 Å². The summed E-state index contributed by atoms with van der Waals surface area (Å²) in [6.07, 6.45) is 7.46. The second-order valence-corrected chi connectivity index (χ2v) is 6.96. The van der Waals surface area contributed by atoms with E-state index in [1.807, 2.05) is 0 Å². The summed E-state index contributed by atoms with van der Waals surface area (Å²) in [4.78, 5) is 13.6. The highest BCUT2D eigenvalue weighted by Gasteiger charge is 2.22. The third-order valence-electron chi connectivity index (χ3n) is 5.10. The minimum Gasteiger partial charge on any atom is -0.352 e. The lowest BCUT2D eigenvalue weighted by Crippen LogP contribution is -2.31. The minimum atomic E-state index is 0.736. The molecule has 0 atom stereocenters. The van der Waals surface area contributed by atoms with Gasteiger partial charge in [-0.3, -0.25) is 0 Å². The molecule has 4 rings (SSSR count). The van der Waals surface area contributed by atoms with Crippen molar-refractivity contribution in [3.8, 4) is 0 Å². The second kappa shape index (κ2) is 6.47. The van der Waals surface area contributed by atoms with E-state index < -0.39 is 0 Å². The van der Waals surface area contributed by atoms with Crippen molar-refractivity contribution in [2.24, 2.45) is 0 Å². The van der Waals surface area contributed by atoms with E-state index in [1.54, 1.807) is 6.33 Å². The van der Waals surface area contributed by atoms with E-state index in [-0.39, 0.29) is 0 Å². The number of aryl methyl sites for hydroxylation is 1. The largest absolute Gasteiger partial charge is 0.352 e. The van der Waals surface area contributed by atoms with Gasteiger partial charge in [0, 0.05) is 45.1 Å². The normalized spacial score (nSPS) is 17.9. The number of likely N-dealkylation sites (N-methyl/N-ethyl adjacent to an activating group) is 1. The lowest BCUT2D eigenvalue weighted by molar-refractivity contribution is 0.309. The molecule has 128 valence electrons. The molecule has 2 aliphatic rings. The van der Waals surface area contributed by atoms with Gasteiger partial charge in [0.05, 0.1) is 12.2 Å². The lowest BCUT2D eigenvalue weighted by atomic mass is 10.1. The maximum absolute atomic E-state index is 4.57. The molecule has 2 aromatic heterocycles. The fourth-order valence-electron chi connectivity index (χ4n) is 3.74. The zero-order valence-corrected chi connectivity index (χ0v) is 14.6. The van der Waals surface area contributed by atoms with E-state index in [2.05, 4.69) is 48.6 Å². The first kappa shape index (κ1) is 15.5. The Morgan fingerprint density at radius 2 is 2.00 bits per heavy atom. The maximum atomic E-state index is 4.57. The van der Waals surface area contributed by atoms with Crippen molar-refractivity contribution in [3.05, 3.63) is 29.2 Å². The van der Waals surface area contributed by atoms with Crippen LogP contribution in [0, 0.1) is 0 Å². The molecular weight excluding hydrogens is 302 g/mol. The average molecular weight is 327 g/mol. The number of fused-ring (bicyclic) bond motifs is 2.